The van der Waals surface area contributed by atoms with E-state index in [1.807, 2.05) is 0 Å². The topological polar surface area (TPSA) is 72.5 Å². The van der Waals surface area contributed by atoms with Crippen LogP contribution in [-0.2, 0) is 19.6 Å². The molecule has 0 aliphatic rings. The van der Waals surface area contributed by atoms with Crippen molar-refractivity contribution in [3.05, 3.63) is 0 Å². The molecule has 0 aromatic carbocycles. The minimum atomic E-state index is -3.41. The van der Waals surface area contributed by atoms with E-state index in [0.717, 1.165) is 0 Å². The minimum Gasteiger partial charge on any atom is -0.381 e. The standard InChI is InChI=1S/C10H21NO4S/c1-5-15-6-7-16(13,14)11-8-9(12)10(2,3)4/h11H,5-8H2,1-4H3. The first-order chi connectivity index (χ1) is 7.19. The van der Waals surface area contributed by atoms with Crippen LogP contribution in [0.25, 0.3) is 0 Å². The van der Waals surface area contributed by atoms with Crippen LogP contribution in [0.15, 0.2) is 0 Å². The number of carbonyl (C=O) groups is 1. The second-order valence-corrected chi connectivity index (χ2v) is 6.44. The Morgan fingerprint density at radius 2 is 1.88 bits per heavy atom. The summed E-state index contributed by atoms with van der Waals surface area (Å²) >= 11 is 0. The highest BCUT2D eigenvalue weighted by atomic mass is 32.2. The van der Waals surface area contributed by atoms with Gasteiger partial charge in [0.2, 0.25) is 10.0 Å². The minimum absolute atomic E-state index is 0.113. The predicted molar refractivity (Wildman–Crippen MR) is 62.7 cm³/mol. The number of Topliss-reactive ketones (excluding diaryl/α,β-unsaturated/α-hetero) is 1. The molecular weight excluding hydrogens is 230 g/mol. The van der Waals surface area contributed by atoms with E-state index in [4.69, 9.17) is 4.74 Å². The molecule has 0 spiro atoms. The number of rotatable bonds is 7. The van der Waals surface area contributed by atoms with Gasteiger partial charge in [0.15, 0.2) is 5.78 Å². The van der Waals surface area contributed by atoms with Gasteiger partial charge in [0, 0.05) is 12.0 Å². The van der Waals surface area contributed by atoms with Crippen molar-refractivity contribution in [2.75, 3.05) is 25.5 Å². The normalized spacial score (nSPS) is 12.8. The maximum atomic E-state index is 11.5. The fourth-order valence-corrected chi connectivity index (χ4v) is 1.66. The summed E-state index contributed by atoms with van der Waals surface area (Å²) in [5.41, 5.74) is -0.525. The molecule has 0 bridgehead atoms. The van der Waals surface area contributed by atoms with Crippen molar-refractivity contribution in [3.63, 3.8) is 0 Å². The van der Waals surface area contributed by atoms with Crippen molar-refractivity contribution in [2.45, 2.75) is 27.7 Å². The summed E-state index contributed by atoms with van der Waals surface area (Å²) in [5, 5.41) is 0. The van der Waals surface area contributed by atoms with Crippen LogP contribution in [0.1, 0.15) is 27.7 Å². The van der Waals surface area contributed by atoms with Gasteiger partial charge in [-0.05, 0) is 6.92 Å². The Morgan fingerprint density at radius 1 is 1.31 bits per heavy atom. The van der Waals surface area contributed by atoms with Crippen LogP contribution in [-0.4, -0.2) is 39.7 Å². The molecule has 0 aromatic heterocycles. The molecule has 0 aliphatic heterocycles. The van der Waals surface area contributed by atoms with Gasteiger partial charge < -0.3 is 4.74 Å². The van der Waals surface area contributed by atoms with Crippen LogP contribution in [0.3, 0.4) is 0 Å². The van der Waals surface area contributed by atoms with Gasteiger partial charge >= 0.3 is 0 Å². The molecule has 0 aliphatic carbocycles. The van der Waals surface area contributed by atoms with E-state index in [0.29, 0.717) is 6.61 Å². The Hall–Kier alpha value is -0.460. The molecule has 16 heavy (non-hydrogen) atoms. The van der Waals surface area contributed by atoms with Gasteiger partial charge in [-0.2, -0.15) is 0 Å². The van der Waals surface area contributed by atoms with E-state index in [9.17, 15) is 13.2 Å². The molecule has 0 heterocycles. The number of sulfonamides is 1. The molecule has 0 saturated carbocycles. The van der Waals surface area contributed by atoms with Crippen LogP contribution < -0.4 is 4.72 Å². The van der Waals surface area contributed by atoms with Gasteiger partial charge in [-0.1, -0.05) is 20.8 Å². The van der Waals surface area contributed by atoms with Crippen LogP contribution in [0, 0.1) is 5.41 Å². The number of hydrogen-bond acceptors (Lipinski definition) is 4. The zero-order valence-corrected chi connectivity index (χ0v) is 11.2. The first kappa shape index (κ1) is 15.5. The van der Waals surface area contributed by atoms with Gasteiger partial charge in [-0.25, -0.2) is 13.1 Å². The monoisotopic (exact) mass is 251 g/mol. The third-order valence-electron chi connectivity index (χ3n) is 1.99. The van der Waals surface area contributed by atoms with Crippen LogP contribution in [0.2, 0.25) is 0 Å². The van der Waals surface area contributed by atoms with E-state index in [1.165, 1.54) is 0 Å². The average Bonchev–Trinajstić information content (AvgIpc) is 2.13. The van der Waals surface area contributed by atoms with Crippen LogP contribution >= 0.6 is 0 Å². The van der Waals surface area contributed by atoms with Gasteiger partial charge in [0.25, 0.3) is 0 Å². The lowest BCUT2D eigenvalue weighted by molar-refractivity contribution is -0.125. The Labute approximate surface area is 97.6 Å². The molecule has 96 valence electrons. The lowest BCUT2D eigenvalue weighted by Crippen LogP contribution is -2.37. The van der Waals surface area contributed by atoms with Crippen LogP contribution in [0.4, 0.5) is 0 Å². The second-order valence-electron chi connectivity index (χ2n) is 4.51. The van der Waals surface area contributed by atoms with E-state index in [2.05, 4.69) is 4.72 Å². The molecule has 0 unspecified atom stereocenters. The Kier molecular flexibility index (Phi) is 6.14. The summed E-state index contributed by atoms with van der Waals surface area (Å²) < 4.78 is 30.0. The SMILES string of the molecule is CCOCCS(=O)(=O)NCC(=O)C(C)(C)C. The number of nitrogens with one attached hydrogen (secondary N) is 1. The largest absolute Gasteiger partial charge is 0.381 e. The maximum Gasteiger partial charge on any atom is 0.214 e. The molecule has 5 nitrogen and oxygen atoms in total. The lowest BCUT2D eigenvalue weighted by atomic mass is 9.91. The smallest absolute Gasteiger partial charge is 0.214 e. The average molecular weight is 251 g/mol. The van der Waals surface area contributed by atoms with Gasteiger partial charge in [-0.3, -0.25) is 4.79 Å². The summed E-state index contributed by atoms with van der Waals surface area (Å²) in [6.07, 6.45) is 0. The molecule has 0 amide bonds. The van der Waals surface area contributed by atoms with Crippen molar-refractivity contribution in [2.24, 2.45) is 5.41 Å². The highest BCUT2D eigenvalue weighted by Crippen LogP contribution is 2.13. The van der Waals surface area contributed by atoms with Crippen molar-refractivity contribution >= 4 is 15.8 Å². The zero-order valence-electron chi connectivity index (χ0n) is 10.4. The Balaban J connectivity index is 4.05. The van der Waals surface area contributed by atoms with Crippen molar-refractivity contribution < 1.29 is 17.9 Å². The molecule has 6 heteroatoms. The zero-order chi connectivity index (χ0) is 12.8. The Morgan fingerprint density at radius 3 is 2.31 bits per heavy atom. The van der Waals surface area contributed by atoms with E-state index in [-0.39, 0.29) is 24.7 Å². The summed E-state index contributed by atoms with van der Waals surface area (Å²) in [7, 11) is -3.41. The van der Waals surface area contributed by atoms with Crippen LogP contribution in [0.5, 0.6) is 0 Å². The molecule has 0 atom stereocenters. The molecule has 0 aromatic rings. The molecular formula is C10H21NO4S. The van der Waals surface area contributed by atoms with Crippen molar-refractivity contribution in [1.82, 2.24) is 4.72 Å². The molecule has 0 radical (unpaired) electrons. The number of ketones is 1. The predicted octanol–water partition coefficient (Wildman–Crippen LogP) is 0.557. The fraction of sp³-hybridized carbons (Fsp3) is 0.900. The summed E-state index contributed by atoms with van der Waals surface area (Å²) in [6.45, 7) is 7.53. The number of hydrogen-bond donors (Lipinski definition) is 1. The highest BCUT2D eigenvalue weighted by molar-refractivity contribution is 7.89. The van der Waals surface area contributed by atoms with E-state index < -0.39 is 15.4 Å². The summed E-state index contributed by atoms with van der Waals surface area (Å²) in [5.74, 6) is -0.245. The number of carbonyl (C=O) groups excluding carboxylic acids is 1. The lowest BCUT2D eigenvalue weighted by Gasteiger charge is -2.16. The second kappa shape index (κ2) is 6.32. The van der Waals surface area contributed by atoms with Gasteiger partial charge in [0.1, 0.15) is 0 Å². The first-order valence-corrected chi connectivity index (χ1v) is 6.92. The molecule has 0 fully saturated rings. The third-order valence-corrected chi connectivity index (χ3v) is 3.28. The summed E-state index contributed by atoms with van der Waals surface area (Å²) in [6, 6.07) is 0. The maximum absolute atomic E-state index is 11.5. The molecule has 0 saturated heterocycles. The van der Waals surface area contributed by atoms with E-state index in [1.54, 1.807) is 27.7 Å². The summed E-state index contributed by atoms with van der Waals surface area (Å²) in [4.78, 5) is 11.5. The highest BCUT2D eigenvalue weighted by Gasteiger charge is 2.22. The molecule has 1 N–H and O–H groups in total. The fourth-order valence-electron chi connectivity index (χ4n) is 0.826. The Bertz CT molecular complexity index is 316. The molecule has 0 rings (SSSR count). The number of ether oxygens (including phenoxy) is 1. The van der Waals surface area contributed by atoms with Crippen molar-refractivity contribution in [3.8, 4) is 0 Å². The third kappa shape index (κ3) is 6.92. The van der Waals surface area contributed by atoms with Gasteiger partial charge in [0.05, 0.1) is 18.9 Å². The van der Waals surface area contributed by atoms with Gasteiger partial charge in [-0.15, -0.1) is 0 Å². The van der Waals surface area contributed by atoms with Crippen molar-refractivity contribution in [1.29, 1.82) is 0 Å². The van der Waals surface area contributed by atoms with E-state index >= 15 is 0 Å². The first-order valence-electron chi connectivity index (χ1n) is 5.27. The quantitative estimate of drug-likeness (QED) is 0.671.